The minimum atomic E-state index is -0.139. The number of fused-ring (bicyclic) bond motifs is 1. The lowest BCUT2D eigenvalue weighted by Crippen LogP contribution is -1.96. The van der Waals surface area contributed by atoms with Gasteiger partial charge >= 0.3 is 0 Å². The van der Waals surface area contributed by atoms with E-state index in [1.54, 1.807) is 6.07 Å². The van der Waals surface area contributed by atoms with Crippen molar-refractivity contribution in [3.63, 3.8) is 0 Å². The van der Waals surface area contributed by atoms with E-state index in [0.717, 1.165) is 23.8 Å². The number of halogens is 2. The molecule has 2 aromatic rings. The lowest BCUT2D eigenvalue weighted by molar-refractivity contribution is 0.639. The predicted octanol–water partition coefficient (Wildman–Crippen LogP) is 3.57. The maximum absolute atomic E-state index is 13.3. The summed E-state index contributed by atoms with van der Waals surface area (Å²) in [5.74, 6) is -0.139. The molecule has 1 nitrogen and oxygen atoms in total. The smallest absolute Gasteiger partial charge is 0.132 e. The molecule has 0 fully saturated rings. The van der Waals surface area contributed by atoms with E-state index in [-0.39, 0.29) is 5.82 Å². The second kappa shape index (κ2) is 4.13. The highest BCUT2D eigenvalue weighted by Gasteiger charge is 2.03. The van der Waals surface area contributed by atoms with Gasteiger partial charge in [0.2, 0.25) is 0 Å². The summed E-state index contributed by atoms with van der Waals surface area (Å²) in [6.45, 7) is 0.929. The van der Waals surface area contributed by atoms with E-state index in [9.17, 15) is 4.39 Å². The standard InChI is InChI=1S/C11H11BrFN/c12-6-2-7-14-8-5-9-10(13)3-1-4-11(9)14/h1,3-5,8H,2,6-7H2. The van der Waals surface area contributed by atoms with Crippen LogP contribution in [-0.2, 0) is 6.54 Å². The molecule has 0 aliphatic heterocycles. The molecule has 14 heavy (non-hydrogen) atoms. The minimum Gasteiger partial charge on any atom is -0.347 e. The molecule has 0 unspecified atom stereocenters. The van der Waals surface area contributed by atoms with Crippen LogP contribution in [0.4, 0.5) is 4.39 Å². The summed E-state index contributed by atoms with van der Waals surface area (Å²) in [5.41, 5.74) is 0.978. The topological polar surface area (TPSA) is 4.93 Å². The predicted molar refractivity (Wildman–Crippen MR) is 60.3 cm³/mol. The Hall–Kier alpha value is -0.830. The van der Waals surface area contributed by atoms with Crippen LogP contribution in [0, 0.1) is 5.82 Å². The van der Waals surface area contributed by atoms with Gasteiger partial charge in [-0.2, -0.15) is 0 Å². The summed E-state index contributed by atoms with van der Waals surface area (Å²) in [6, 6.07) is 7.03. The Morgan fingerprint density at radius 1 is 1.29 bits per heavy atom. The molecule has 1 aromatic carbocycles. The van der Waals surface area contributed by atoms with Crippen LogP contribution in [0.25, 0.3) is 10.9 Å². The van der Waals surface area contributed by atoms with Gasteiger partial charge in [0.05, 0.1) is 5.52 Å². The first-order valence-corrected chi connectivity index (χ1v) is 5.74. The molecule has 1 heterocycles. The molecule has 3 heteroatoms. The maximum Gasteiger partial charge on any atom is 0.132 e. The van der Waals surface area contributed by atoms with E-state index in [1.807, 2.05) is 18.3 Å². The Morgan fingerprint density at radius 2 is 2.14 bits per heavy atom. The number of aromatic nitrogens is 1. The Morgan fingerprint density at radius 3 is 2.93 bits per heavy atom. The van der Waals surface area contributed by atoms with Crippen LogP contribution in [0.3, 0.4) is 0 Å². The first-order valence-electron chi connectivity index (χ1n) is 4.62. The van der Waals surface area contributed by atoms with Crippen molar-refractivity contribution in [2.75, 3.05) is 5.33 Å². The molecular formula is C11H11BrFN. The van der Waals surface area contributed by atoms with E-state index >= 15 is 0 Å². The molecule has 0 aliphatic rings. The number of hydrogen-bond acceptors (Lipinski definition) is 0. The summed E-state index contributed by atoms with van der Waals surface area (Å²) >= 11 is 3.39. The normalized spacial score (nSPS) is 11.0. The van der Waals surface area contributed by atoms with Crippen molar-refractivity contribution >= 4 is 26.8 Å². The fraction of sp³-hybridized carbons (Fsp3) is 0.273. The molecule has 0 radical (unpaired) electrons. The van der Waals surface area contributed by atoms with Crippen LogP contribution in [0.5, 0.6) is 0 Å². The zero-order chi connectivity index (χ0) is 9.97. The molecular weight excluding hydrogens is 245 g/mol. The molecule has 0 bridgehead atoms. The van der Waals surface area contributed by atoms with Crippen molar-refractivity contribution in [1.29, 1.82) is 0 Å². The third-order valence-electron chi connectivity index (χ3n) is 2.29. The zero-order valence-electron chi connectivity index (χ0n) is 7.71. The van der Waals surface area contributed by atoms with Gasteiger partial charge in [0, 0.05) is 23.5 Å². The van der Waals surface area contributed by atoms with E-state index in [0.29, 0.717) is 5.39 Å². The Labute approximate surface area is 90.7 Å². The van der Waals surface area contributed by atoms with Crippen molar-refractivity contribution < 1.29 is 4.39 Å². The largest absolute Gasteiger partial charge is 0.347 e. The molecule has 0 aliphatic carbocycles. The average molecular weight is 256 g/mol. The minimum absolute atomic E-state index is 0.139. The summed E-state index contributed by atoms with van der Waals surface area (Å²) in [5, 5.41) is 1.68. The van der Waals surface area contributed by atoms with Gasteiger partial charge in [-0.1, -0.05) is 22.0 Å². The highest BCUT2D eigenvalue weighted by Crippen LogP contribution is 2.19. The molecule has 2 rings (SSSR count). The molecule has 0 N–H and O–H groups in total. The summed E-state index contributed by atoms with van der Waals surface area (Å²) < 4.78 is 15.4. The van der Waals surface area contributed by atoms with Crippen LogP contribution in [0.15, 0.2) is 30.5 Å². The van der Waals surface area contributed by atoms with Gasteiger partial charge in [0.25, 0.3) is 0 Å². The Kier molecular flexibility index (Phi) is 2.87. The van der Waals surface area contributed by atoms with Gasteiger partial charge in [-0.3, -0.25) is 0 Å². The van der Waals surface area contributed by atoms with Gasteiger partial charge in [-0.15, -0.1) is 0 Å². The molecule has 0 saturated heterocycles. The highest BCUT2D eigenvalue weighted by atomic mass is 79.9. The summed E-state index contributed by atoms with van der Waals surface area (Å²) in [4.78, 5) is 0. The number of alkyl halides is 1. The van der Waals surface area contributed by atoms with Gasteiger partial charge in [-0.05, 0) is 24.6 Å². The quantitative estimate of drug-likeness (QED) is 0.740. The van der Waals surface area contributed by atoms with Crippen molar-refractivity contribution in [2.45, 2.75) is 13.0 Å². The van der Waals surface area contributed by atoms with E-state index in [4.69, 9.17) is 0 Å². The summed E-state index contributed by atoms with van der Waals surface area (Å²) in [6.07, 6.45) is 3.00. The average Bonchev–Trinajstić information content (AvgIpc) is 2.60. The number of hydrogen-bond donors (Lipinski definition) is 0. The summed E-state index contributed by atoms with van der Waals surface area (Å²) in [7, 11) is 0. The van der Waals surface area contributed by atoms with Crippen LogP contribution >= 0.6 is 15.9 Å². The Balaban J connectivity index is 2.42. The van der Waals surface area contributed by atoms with Crippen LogP contribution in [0.2, 0.25) is 0 Å². The first kappa shape index (κ1) is 9.71. The molecule has 0 spiro atoms. The molecule has 1 aromatic heterocycles. The zero-order valence-corrected chi connectivity index (χ0v) is 9.30. The molecule has 74 valence electrons. The SMILES string of the molecule is Fc1cccc2c1ccn2CCCBr. The number of aryl methyl sites for hydroxylation is 1. The molecule has 0 saturated carbocycles. The molecule has 0 atom stereocenters. The lowest BCUT2D eigenvalue weighted by Gasteiger charge is -2.03. The van der Waals surface area contributed by atoms with Crippen LogP contribution in [-0.4, -0.2) is 9.90 Å². The van der Waals surface area contributed by atoms with Gasteiger partial charge in [0.1, 0.15) is 5.82 Å². The van der Waals surface area contributed by atoms with Crippen molar-refractivity contribution in [1.82, 2.24) is 4.57 Å². The lowest BCUT2D eigenvalue weighted by atomic mass is 10.2. The van der Waals surface area contributed by atoms with E-state index in [2.05, 4.69) is 20.5 Å². The van der Waals surface area contributed by atoms with Crippen LogP contribution < -0.4 is 0 Å². The second-order valence-electron chi connectivity index (χ2n) is 3.22. The van der Waals surface area contributed by atoms with Gasteiger partial charge < -0.3 is 4.57 Å². The number of benzene rings is 1. The van der Waals surface area contributed by atoms with E-state index < -0.39 is 0 Å². The molecule has 0 amide bonds. The monoisotopic (exact) mass is 255 g/mol. The van der Waals surface area contributed by atoms with Gasteiger partial charge in [-0.25, -0.2) is 4.39 Å². The van der Waals surface area contributed by atoms with Crippen molar-refractivity contribution in [3.8, 4) is 0 Å². The van der Waals surface area contributed by atoms with Crippen LogP contribution in [0.1, 0.15) is 6.42 Å². The third kappa shape index (κ3) is 1.69. The first-order chi connectivity index (χ1) is 6.83. The number of nitrogens with zero attached hydrogens (tertiary/aromatic N) is 1. The number of rotatable bonds is 3. The van der Waals surface area contributed by atoms with Gasteiger partial charge in [0.15, 0.2) is 0 Å². The van der Waals surface area contributed by atoms with Crippen molar-refractivity contribution in [2.24, 2.45) is 0 Å². The maximum atomic E-state index is 13.3. The van der Waals surface area contributed by atoms with Crippen molar-refractivity contribution in [3.05, 3.63) is 36.3 Å². The fourth-order valence-electron chi connectivity index (χ4n) is 1.61. The highest BCUT2D eigenvalue weighted by molar-refractivity contribution is 9.09. The fourth-order valence-corrected chi connectivity index (χ4v) is 1.86. The second-order valence-corrected chi connectivity index (χ2v) is 4.02. The third-order valence-corrected chi connectivity index (χ3v) is 2.85. The van der Waals surface area contributed by atoms with E-state index in [1.165, 1.54) is 6.07 Å². The Bertz CT molecular complexity index is 436.